The molecule has 0 saturated carbocycles. The minimum Gasteiger partial charge on any atom is -0.497 e. The van der Waals surface area contributed by atoms with Crippen molar-refractivity contribution in [2.24, 2.45) is 0 Å². The van der Waals surface area contributed by atoms with Crippen molar-refractivity contribution in [3.05, 3.63) is 106 Å². The number of carbonyl (C=O) groups is 2. The number of sulfonamides is 1. The van der Waals surface area contributed by atoms with Crippen molar-refractivity contribution < 1.29 is 37.0 Å². The summed E-state index contributed by atoms with van der Waals surface area (Å²) in [7, 11) is 1.07. The molecule has 4 aromatic carbocycles. The topological polar surface area (TPSA) is 124 Å². The number of ether oxygens (including phenoxy) is 4. The van der Waals surface area contributed by atoms with Gasteiger partial charge >= 0.3 is 0 Å². The fraction of sp³-hybridized carbons (Fsp3) is 0.316. The SMILES string of the molecule is COc1ccc(OC)c(N(CC(=O)N(Cc2c(Cl)cccc2Cl)C(Cc2ccccc2)C(=O)NC(C)(C)C)S(=O)(=O)c2ccc(OC)c(OC)c2)c1. The van der Waals surface area contributed by atoms with Crippen LogP contribution in [-0.4, -0.2) is 71.7 Å². The first-order chi connectivity index (χ1) is 24.6. The van der Waals surface area contributed by atoms with E-state index < -0.39 is 40.0 Å². The number of benzene rings is 4. The highest BCUT2D eigenvalue weighted by atomic mass is 35.5. The van der Waals surface area contributed by atoms with Gasteiger partial charge in [-0.05, 0) is 62.7 Å². The number of amides is 2. The molecule has 4 rings (SSSR count). The van der Waals surface area contributed by atoms with E-state index in [0.717, 1.165) is 9.87 Å². The van der Waals surface area contributed by atoms with E-state index in [1.165, 1.54) is 63.7 Å². The monoisotopic (exact) mass is 771 g/mol. The van der Waals surface area contributed by atoms with Gasteiger partial charge in [0.2, 0.25) is 11.8 Å². The molecular weight excluding hydrogens is 729 g/mol. The summed E-state index contributed by atoms with van der Waals surface area (Å²) < 4.78 is 52.1. The summed E-state index contributed by atoms with van der Waals surface area (Å²) >= 11 is 13.3. The van der Waals surface area contributed by atoms with Crippen molar-refractivity contribution in [2.75, 3.05) is 39.3 Å². The Kier molecular flexibility index (Phi) is 13.3. The number of nitrogens with zero attached hydrogens (tertiary/aromatic N) is 2. The minimum atomic E-state index is -4.56. The summed E-state index contributed by atoms with van der Waals surface area (Å²) in [6.07, 6.45) is 0.0987. The molecule has 0 fully saturated rings. The Morgan fingerprint density at radius 1 is 0.769 bits per heavy atom. The van der Waals surface area contributed by atoms with E-state index in [-0.39, 0.29) is 45.1 Å². The maximum atomic E-state index is 14.9. The number of hydrogen-bond acceptors (Lipinski definition) is 8. The lowest BCUT2D eigenvalue weighted by atomic mass is 10.0. The predicted octanol–water partition coefficient (Wildman–Crippen LogP) is 6.78. The lowest BCUT2D eigenvalue weighted by Gasteiger charge is -2.36. The predicted molar refractivity (Wildman–Crippen MR) is 202 cm³/mol. The van der Waals surface area contributed by atoms with Gasteiger partial charge in [-0.1, -0.05) is 59.6 Å². The molecule has 0 saturated heterocycles. The van der Waals surface area contributed by atoms with Crippen LogP contribution in [0.5, 0.6) is 23.0 Å². The zero-order chi connectivity index (χ0) is 38.2. The molecule has 0 heterocycles. The van der Waals surface area contributed by atoms with Crippen LogP contribution in [0, 0.1) is 0 Å². The number of methoxy groups -OCH3 is 4. The summed E-state index contributed by atoms with van der Waals surface area (Å²) in [6, 6.07) is 21.7. The molecule has 2 amide bonds. The summed E-state index contributed by atoms with van der Waals surface area (Å²) in [4.78, 5) is 30.3. The molecule has 11 nitrogen and oxygen atoms in total. The smallest absolute Gasteiger partial charge is 0.265 e. The second kappa shape index (κ2) is 17.2. The standard InChI is InChI=1S/C38H43Cl2N3O8S/c1-38(2,3)41-37(45)32(20-25-12-9-8-10-13-25)42(23-28-29(39)14-11-15-30(28)40)36(44)24-43(31-21-26(48-4)16-18-33(31)49-5)52(46,47)27-17-19-34(50-6)35(22-27)51-7/h8-19,21-22,32H,20,23-24H2,1-7H3,(H,41,45). The Hall–Kier alpha value is -4.65. The Balaban J connectivity index is 1.94. The van der Waals surface area contributed by atoms with Crippen LogP contribution in [0.15, 0.2) is 89.8 Å². The summed E-state index contributed by atoms with van der Waals surface area (Å²) in [5.41, 5.74) is 0.497. The quantitative estimate of drug-likeness (QED) is 0.140. The van der Waals surface area contributed by atoms with Crippen LogP contribution in [0.25, 0.3) is 0 Å². The van der Waals surface area contributed by atoms with Crippen molar-refractivity contribution >= 4 is 50.7 Å². The number of rotatable bonds is 15. The average molecular weight is 773 g/mol. The summed E-state index contributed by atoms with van der Waals surface area (Å²) in [6.45, 7) is 4.50. The minimum absolute atomic E-state index is 0.0134. The highest BCUT2D eigenvalue weighted by Crippen LogP contribution is 2.38. The molecule has 14 heteroatoms. The summed E-state index contributed by atoms with van der Waals surface area (Å²) in [5.74, 6) is -0.272. The van der Waals surface area contributed by atoms with Gasteiger partial charge in [0.15, 0.2) is 11.5 Å². The van der Waals surface area contributed by atoms with Crippen LogP contribution >= 0.6 is 23.2 Å². The molecule has 0 aliphatic carbocycles. The molecule has 1 unspecified atom stereocenters. The Morgan fingerprint density at radius 2 is 1.38 bits per heavy atom. The van der Waals surface area contributed by atoms with Gasteiger partial charge in [-0.3, -0.25) is 13.9 Å². The Bertz CT molecular complexity index is 1970. The first-order valence-electron chi connectivity index (χ1n) is 16.2. The zero-order valence-corrected chi connectivity index (χ0v) is 32.4. The molecule has 278 valence electrons. The molecule has 0 aliphatic rings. The highest BCUT2D eigenvalue weighted by molar-refractivity contribution is 7.92. The highest BCUT2D eigenvalue weighted by Gasteiger charge is 2.37. The third kappa shape index (κ3) is 9.61. The lowest BCUT2D eigenvalue weighted by Crippen LogP contribution is -2.56. The maximum Gasteiger partial charge on any atom is 0.265 e. The van der Waals surface area contributed by atoms with E-state index in [1.54, 1.807) is 24.3 Å². The van der Waals surface area contributed by atoms with Gasteiger partial charge in [-0.25, -0.2) is 8.42 Å². The largest absolute Gasteiger partial charge is 0.497 e. The molecule has 1 N–H and O–H groups in total. The van der Waals surface area contributed by atoms with Gasteiger partial charge < -0.3 is 29.2 Å². The van der Waals surface area contributed by atoms with Crippen LogP contribution in [0.1, 0.15) is 31.9 Å². The average Bonchev–Trinajstić information content (AvgIpc) is 3.11. The molecule has 0 aromatic heterocycles. The number of anilines is 1. The maximum absolute atomic E-state index is 14.9. The molecule has 0 spiro atoms. The van der Waals surface area contributed by atoms with Crippen LogP contribution in [-0.2, 0) is 32.6 Å². The van der Waals surface area contributed by atoms with Crippen molar-refractivity contribution in [2.45, 2.75) is 50.2 Å². The van der Waals surface area contributed by atoms with Gasteiger partial charge in [0.05, 0.1) is 39.0 Å². The third-order valence-corrected chi connectivity index (χ3v) is 10.5. The number of nitrogens with one attached hydrogen (secondary N) is 1. The molecule has 0 bridgehead atoms. The number of hydrogen-bond donors (Lipinski definition) is 1. The molecular formula is C38H43Cl2N3O8S. The van der Waals surface area contributed by atoms with E-state index in [9.17, 15) is 18.0 Å². The molecule has 1 atom stereocenters. The Morgan fingerprint density at radius 3 is 1.96 bits per heavy atom. The zero-order valence-electron chi connectivity index (χ0n) is 30.1. The van der Waals surface area contributed by atoms with Crippen molar-refractivity contribution in [3.63, 3.8) is 0 Å². The van der Waals surface area contributed by atoms with E-state index in [2.05, 4.69) is 5.32 Å². The van der Waals surface area contributed by atoms with E-state index in [1.807, 2.05) is 51.1 Å². The van der Waals surface area contributed by atoms with E-state index in [0.29, 0.717) is 17.1 Å². The van der Waals surface area contributed by atoms with Gasteiger partial charge in [0.1, 0.15) is 24.1 Å². The van der Waals surface area contributed by atoms with Crippen molar-refractivity contribution in [3.8, 4) is 23.0 Å². The second-order valence-corrected chi connectivity index (χ2v) is 15.4. The van der Waals surface area contributed by atoms with E-state index >= 15 is 0 Å². The molecule has 0 aliphatic heterocycles. The van der Waals surface area contributed by atoms with Crippen LogP contribution in [0.4, 0.5) is 5.69 Å². The van der Waals surface area contributed by atoms with Crippen LogP contribution in [0.2, 0.25) is 10.0 Å². The van der Waals surface area contributed by atoms with Gasteiger partial charge in [0.25, 0.3) is 10.0 Å². The first kappa shape index (κ1) is 40.1. The van der Waals surface area contributed by atoms with Gasteiger partial charge in [0, 0.05) is 46.2 Å². The Labute approximate surface area is 315 Å². The molecule has 0 radical (unpaired) electrons. The van der Waals surface area contributed by atoms with Gasteiger partial charge in [-0.15, -0.1) is 0 Å². The second-order valence-electron chi connectivity index (χ2n) is 12.7. The van der Waals surface area contributed by atoms with Crippen molar-refractivity contribution in [1.82, 2.24) is 10.2 Å². The normalized spacial score (nSPS) is 12.0. The fourth-order valence-electron chi connectivity index (χ4n) is 5.47. The molecule has 52 heavy (non-hydrogen) atoms. The fourth-order valence-corrected chi connectivity index (χ4v) is 7.42. The number of halogens is 2. The van der Waals surface area contributed by atoms with Crippen molar-refractivity contribution in [1.29, 1.82) is 0 Å². The van der Waals surface area contributed by atoms with Crippen LogP contribution < -0.4 is 28.6 Å². The van der Waals surface area contributed by atoms with Crippen LogP contribution in [0.3, 0.4) is 0 Å². The number of carbonyl (C=O) groups excluding carboxylic acids is 2. The molecule has 4 aromatic rings. The first-order valence-corrected chi connectivity index (χ1v) is 18.4. The van der Waals surface area contributed by atoms with Gasteiger partial charge in [-0.2, -0.15) is 0 Å². The van der Waals surface area contributed by atoms with E-state index in [4.69, 9.17) is 42.1 Å². The third-order valence-electron chi connectivity index (χ3n) is 8.04. The summed E-state index contributed by atoms with van der Waals surface area (Å²) in [5, 5.41) is 3.53. The lowest BCUT2D eigenvalue weighted by molar-refractivity contribution is -0.140.